The third-order valence-electron chi connectivity index (χ3n) is 4.64. The summed E-state index contributed by atoms with van der Waals surface area (Å²) in [5.74, 6) is 2.09. The van der Waals surface area contributed by atoms with Crippen LogP contribution in [0.4, 0.5) is 10.9 Å². The number of carbonyl (C=O) groups excluding carboxylic acids is 1. The molecule has 3 aromatic heterocycles. The van der Waals surface area contributed by atoms with Crippen molar-refractivity contribution in [1.29, 1.82) is 0 Å². The summed E-state index contributed by atoms with van der Waals surface area (Å²) in [6, 6.07) is 3.92. The van der Waals surface area contributed by atoms with Gasteiger partial charge in [-0.05, 0) is 25.0 Å². The number of aromatic nitrogens is 5. The second-order valence-corrected chi connectivity index (χ2v) is 7.66. The first-order valence-corrected chi connectivity index (χ1v) is 9.67. The van der Waals surface area contributed by atoms with Crippen molar-refractivity contribution in [2.45, 2.75) is 32.6 Å². The first kappa shape index (κ1) is 16.9. The molecule has 8 nitrogen and oxygen atoms in total. The van der Waals surface area contributed by atoms with E-state index in [1.165, 1.54) is 11.3 Å². The minimum Gasteiger partial charge on any atom is -0.355 e. The smallest absolute Gasteiger partial charge is 0.229 e. The summed E-state index contributed by atoms with van der Waals surface area (Å²) in [4.78, 5) is 18.7. The normalized spacial score (nSPS) is 15.7. The summed E-state index contributed by atoms with van der Waals surface area (Å²) in [5, 5.41) is 18.5. The van der Waals surface area contributed by atoms with E-state index in [4.69, 9.17) is 5.10 Å². The van der Waals surface area contributed by atoms with Crippen LogP contribution in [0.15, 0.2) is 23.7 Å². The highest BCUT2D eigenvalue weighted by molar-refractivity contribution is 7.13. The number of anilines is 2. The summed E-state index contributed by atoms with van der Waals surface area (Å²) in [6.45, 7) is 5.76. The van der Waals surface area contributed by atoms with E-state index in [-0.39, 0.29) is 17.7 Å². The first-order valence-electron chi connectivity index (χ1n) is 8.79. The van der Waals surface area contributed by atoms with Crippen molar-refractivity contribution >= 4 is 33.8 Å². The van der Waals surface area contributed by atoms with Crippen molar-refractivity contribution in [1.82, 2.24) is 24.8 Å². The van der Waals surface area contributed by atoms with Gasteiger partial charge in [-0.15, -0.1) is 26.6 Å². The van der Waals surface area contributed by atoms with Gasteiger partial charge in [0.15, 0.2) is 16.6 Å². The van der Waals surface area contributed by atoms with E-state index in [2.05, 4.69) is 39.2 Å². The molecular formula is C17H21N7OS. The van der Waals surface area contributed by atoms with Crippen molar-refractivity contribution in [3.05, 3.63) is 29.5 Å². The fraction of sp³-hybridized carbons (Fsp3) is 0.471. The average Bonchev–Trinajstić information content (AvgIpc) is 3.30. The van der Waals surface area contributed by atoms with Gasteiger partial charge in [0, 0.05) is 36.5 Å². The van der Waals surface area contributed by atoms with Crippen LogP contribution in [-0.4, -0.2) is 43.8 Å². The maximum absolute atomic E-state index is 12.4. The van der Waals surface area contributed by atoms with Crippen LogP contribution in [0, 0.1) is 5.92 Å². The van der Waals surface area contributed by atoms with E-state index in [1.807, 2.05) is 22.0 Å². The average molecular weight is 371 g/mol. The van der Waals surface area contributed by atoms with E-state index < -0.39 is 0 Å². The van der Waals surface area contributed by atoms with Crippen LogP contribution in [0.3, 0.4) is 0 Å². The highest BCUT2D eigenvalue weighted by Gasteiger charge is 2.26. The Morgan fingerprint density at radius 2 is 2.08 bits per heavy atom. The Morgan fingerprint density at radius 3 is 2.77 bits per heavy atom. The molecule has 0 radical (unpaired) electrons. The van der Waals surface area contributed by atoms with Gasteiger partial charge in [0.25, 0.3) is 0 Å². The molecule has 0 bridgehead atoms. The standard InChI is InChI=1S/C17H21N7OS/c1-11(2)15-21-20-13-3-4-14(22-24(13)15)23-8-5-12(6-9-23)16(25)19-17-18-7-10-26-17/h3-4,7,10-12H,5-6,8-9H2,1-2H3,(H,18,19,25). The third kappa shape index (κ3) is 3.26. The Morgan fingerprint density at radius 1 is 1.27 bits per heavy atom. The Bertz CT molecular complexity index is 897. The fourth-order valence-electron chi connectivity index (χ4n) is 3.19. The zero-order chi connectivity index (χ0) is 18.1. The van der Waals surface area contributed by atoms with Crippen LogP contribution in [0.25, 0.3) is 5.65 Å². The number of amides is 1. The van der Waals surface area contributed by atoms with Crippen LogP contribution in [0.1, 0.15) is 38.4 Å². The van der Waals surface area contributed by atoms with E-state index in [0.717, 1.165) is 43.2 Å². The molecule has 1 fully saturated rings. The molecule has 1 saturated heterocycles. The van der Waals surface area contributed by atoms with Gasteiger partial charge in [-0.2, -0.15) is 4.52 Å². The number of piperidine rings is 1. The van der Waals surface area contributed by atoms with E-state index in [9.17, 15) is 4.79 Å². The van der Waals surface area contributed by atoms with Gasteiger partial charge in [-0.25, -0.2) is 4.98 Å². The number of carbonyl (C=O) groups is 1. The van der Waals surface area contributed by atoms with Crippen molar-refractivity contribution in [3.8, 4) is 0 Å². The van der Waals surface area contributed by atoms with E-state index in [1.54, 1.807) is 6.20 Å². The lowest BCUT2D eigenvalue weighted by atomic mass is 9.96. The monoisotopic (exact) mass is 371 g/mol. The molecule has 0 unspecified atom stereocenters. The van der Waals surface area contributed by atoms with Crippen LogP contribution >= 0.6 is 11.3 Å². The lowest BCUT2D eigenvalue weighted by Gasteiger charge is -2.31. The van der Waals surface area contributed by atoms with Gasteiger partial charge in [-0.1, -0.05) is 13.8 Å². The molecule has 1 aliphatic heterocycles. The highest BCUT2D eigenvalue weighted by Crippen LogP contribution is 2.24. The summed E-state index contributed by atoms with van der Waals surface area (Å²) in [5.41, 5.74) is 0.759. The summed E-state index contributed by atoms with van der Waals surface area (Å²) in [6.07, 6.45) is 3.30. The van der Waals surface area contributed by atoms with Gasteiger partial charge < -0.3 is 10.2 Å². The van der Waals surface area contributed by atoms with E-state index in [0.29, 0.717) is 5.13 Å². The molecular weight excluding hydrogens is 350 g/mol. The number of nitrogens with zero attached hydrogens (tertiary/aromatic N) is 6. The number of fused-ring (bicyclic) bond motifs is 1. The lowest BCUT2D eigenvalue weighted by molar-refractivity contribution is -0.120. The molecule has 1 aliphatic rings. The summed E-state index contributed by atoms with van der Waals surface area (Å²) < 4.78 is 1.82. The molecule has 1 amide bonds. The van der Waals surface area contributed by atoms with Crippen LogP contribution in [-0.2, 0) is 4.79 Å². The molecule has 0 aliphatic carbocycles. The first-order chi connectivity index (χ1) is 12.6. The molecule has 0 spiro atoms. The fourth-order valence-corrected chi connectivity index (χ4v) is 3.72. The maximum atomic E-state index is 12.4. The second-order valence-electron chi connectivity index (χ2n) is 6.76. The topological polar surface area (TPSA) is 88.3 Å². The number of thiazole rings is 1. The summed E-state index contributed by atoms with van der Waals surface area (Å²) in [7, 11) is 0. The Balaban J connectivity index is 1.43. The van der Waals surface area contributed by atoms with Crippen molar-refractivity contribution in [2.24, 2.45) is 5.92 Å². The van der Waals surface area contributed by atoms with Gasteiger partial charge in [0.1, 0.15) is 5.82 Å². The SMILES string of the molecule is CC(C)c1nnc2ccc(N3CCC(C(=O)Nc4nccs4)CC3)nn12. The van der Waals surface area contributed by atoms with Crippen LogP contribution < -0.4 is 10.2 Å². The number of hydrogen-bond acceptors (Lipinski definition) is 7. The molecule has 26 heavy (non-hydrogen) atoms. The van der Waals surface area contributed by atoms with E-state index >= 15 is 0 Å². The lowest BCUT2D eigenvalue weighted by Crippen LogP contribution is -2.38. The zero-order valence-electron chi connectivity index (χ0n) is 14.8. The van der Waals surface area contributed by atoms with Gasteiger partial charge >= 0.3 is 0 Å². The van der Waals surface area contributed by atoms with Crippen LogP contribution in [0.2, 0.25) is 0 Å². The minimum atomic E-state index is 0.0139. The van der Waals surface area contributed by atoms with Crippen molar-refractivity contribution in [3.63, 3.8) is 0 Å². The third-order valence-corrected chi connectivity index (χ3v) is 5.33. The second kappa shape index (κ2) is 6.99. The largest absolute Gasteiger partial charge is 0.355 e. The molecule has 0 aromatic carbocycles. The Hall–Kier alpha value is -2.55. The predicted octanol–water partition coefficient (Wildman–Crippen LogP) is 2.56. The van der Waals surface area contributed by atoms with Gasteiger partial charge in [-0.3, -0.25) is 4.79 Å². The molecule has 4 rings (SSSR count). The number of nitrogens with one attached hydrogen (secondary N) is 1. The summed E-state index contributed by atoms with van der Waals surface area (Å²) >= 11 is 1.44. The van der Waals surface area contributed by atoms with Gasteiger partial charge in [0.05, 0.1) is 0 Å². The molecule has 136 valence electrons. The van der Waals surface area contributed by atoms with Crippen molar-refractivity contribution in [2.75, 3.05) is 23.3 Å². The number of hydrogen-bond donors (Lipinski definition) is 1. The highest BCUT2D eigenvalue weighted by atomic mass is 32.1. The molecule has 3 aromatic rings. The van der Waals surface area contributed by atoms with Crippen molar-refractivity contribution < 1.29 is 4.79 Å². The zero-order valence-corrected chi connectivity index (χ0v) is 15.6. The predicted molar refractivity (Wildman–Crippen MR) is 101 cm³/mol. The molecule has 1 N–H and O–H groups in total. The number of rotatable bonds is 4. The maximum Gasteiger partial charge on any atom is 0.229 e. The molecule has 9 heteroatoms. The minimum absolute atomic E-state index is 0.0139. The quantitative estimate of drug-likeness (QED) is 0.758. The Kier molecular flexibility index (Phi) is 4.54. The Labute approximate surface area is 155 Å². The van der Waals surface area contributed by atoms with Crippen LogP contribution in [0.5, 0.6) is 0 Å². The molecule has 0 atom stereocenters. The van der Waals surface area contributed by atoms with Gasteiger partial charge in [0.2, 0.25) is 5.91 Å². The molecule has 0 saturated carbocycles. The molecule has 4 heterocycles.